The molecule has 3 heteroatoms. The molecule has 0 aromatic heterocycles. The van der Waals surface area contributed by atoms with Crippen molar-refractivity contribution in [3.8, 4) is 0 Å². The Labute approximate surface area is 80.2 Å². The highest BCUT2D eigenvalue weighted by Gasteiger charge is 2.14. The second-order valence-corrected chi connectivity index (χ2v) is 4.95. The molecule has 0 radical (unpaired) electrons. The van der Waals surface area contributed by atoms with Crippen molar-refractivity contribution in [3.63, 3.8) is 0 Å². The van der Waals surface area contributed by atoms with Crippen molar-refractivity contribution >= 4 is 11.8 Å². The zero-order valence-electron chi connectivity index (χ0n) is 8.43. The molecular weight excluding hydrogens is 170 g/mol. The van der Waals surface area contributed by atoms with E-state index in [-0.39, 0.29) is 0 Å². The first-order valence-electron chi connectivity index (χ1n) is 4.39. The Morgan fingerprint density at radius 2 is 2.00 bits per heavy atom. The largest absolute Gasteiger partial charge is 0.384 e. The van der Waals surface area contributed by atoms with Gasteiger partial charge in [0.2, 0.25) is 0 Å². The molecule has 74 valence electrons. The lowest BCUT2D eigenvalue weighted by molar-refractivity contribution is 0.218. The zero-order valence-corrected chi connectivity index (χ0v) is 9.25. The van der Waals surface area contributed by atoms with Gasteiger partial charge in [-0.15, -0.1) is 0 Å². The molecule has 0 aliphatic rings. The Morgan fingerprint density at radius 3 is 2.50 bits per heavy atom. The van der Waals surface area contributed by atoms with Crippen LogP contribution >= 0.6 is 11.8 Å². The third-order valence-corrected chi connectivity index (χ3v) is 2.86. The summed E-state index contributed by atoms with van der Waals surface area (Å²) < 4.78 is 4.95. The fourth-order valence-corrected chi connectivity index (χ4v) is 1.88. The smallest absolute Gasteiger partial charge is 0.0552 e. The number of rotatable bonds is 7. The van der Waals surface area contributed by atoms with Crippen LogP contribution in [0, 0.1) is 5.41 Å². The van der Waals surface area contributed by atoms with Gasteiger partial charge in [-0.05, 0) is 24.1 Å². The summed E-state index contributed by atoms with van der Waals surface area (Å²) >= 11 is 1.94. The molecule has 0 aliphatic carbocycles. The van der Waals surface area contributed by atoms with E-state index in [9.17, 15) is 0 Å². The van der Waals surface area contributed by atoms with E-state index in [1.54, 1.807) is 7.11 Å². The maximum Gasteiger partial charge on any atom is 0.0552 e. The monoisotopic (exact) mass is 191 g/mol. The highest BCUT2D eigenvalue weighted by atomic mass is 32.2. The maximum atomic E-state index is 5.61. The number of hydrogen-bond donors (Lipinski definition) is 1. The lowest BCUT2D eigenvalue weighted by atomic mass is 9.91. The second-order valence-electron chi connectivity index (χ2n) is 3.72. The van der Waals surface area contributed by atoms with Crippen LogP contribution in [0.5, 0.6) is 0 Å². The van der Waals surface area contributed by atoms with Crippen LogP contribution in [0.2, 0.25) is 0 Å². The molecular formula is C9H21NOS. The second kappa shape index (κ2) is 6.75. The van der Waals surface area contributed by atoms with Gasteiger partial charge in [-0.2, -0.15) is 11.8 Å². The molecule has 0 aliphatic heterocycles. The van der Waals surface area contributed by atoms with Gasteiger partial charge < -0.3 is 10.5 Å². The Kier molecular flexibility index (Phi) is 6.90. The van der Waals surface area contributed by atoms with Gasteiger partial charge >= 0.3 is 0 Å². The molecule has 0 aromatic carbocycles. The highest BCUT2D eigenvalue weighted by molar-refractivity contribution is 7.99. The Hall–Kier alpha value is 0.270. The minimum absolute atomic E-state index is 0.306. The van der Waals surface area contributed by atoms with Gasteiger partial charge in [0.15, 0.2) is 0 Å². The van der Waals surface area contributed by atoms with Crippen molar-refractivity contribution in [2.45, 2.75) is 20.3 Å². The van der Waals surface area contributed by atoms with Gasteiger partial charge in [0.1, 0.15) is 0 Å². The van der Waals surface area contributed by atoms with Gasteiger partial charge in [0, 0.05) is 12.9 Å². The highest BCUT2D eigenvalue weighted by Crippen LogP contribution is 2.20. The minimum Gasteiger partial charge on any atom is -0.384 e. The summed E-state index contributed by atoms with van der Waals surface area (Å²) in [6.07, 6.45) is 1.19. The normalized spacial score (nSPS) is 12.0. The van der Waals surface area contributed by atoms with Crippen molar-refractivity contribution in [2.24, 2.45) is 11.1 Å². The molecule has 0 saturated carbocycles. The summed E-state index contributed by atoms with van der Waals surface area (Å²) in [7, 11) is 1.74. The van der Waals surface area contributed by atoms with Crippen molar-refractivity contribution in [1.29, 1.82) is 0 Å². The van der Waals surface area contributed by atoms with E-state index >= 15 is 0 Å². The van der Waals surface area contributed by atoms with Crippen LogP contribution in [-0.2, 0) is 4.74 Å². The van der Waals surface area contributed by atoms with Crippen LogP contribution in [0.3, 0.4) is 0 Å². The predicted molar refractivity (Wildman–Crippen MR) is 56.7 cm³/mol. The fraction of sp³-hybridized carbons (Fsp3) is 1.00. The van der Waals surface area contributed by atoms with E-state index < -0.39 is 0 Å². The molecule has 0 aromatic rings. The first-order valence-corrected chi connectivity index (χ1v) is 5.54. The van der Waals surface area contributed by atoms with Gasteiger partial charge in [-0.3, -0.25) is 0 Å². The molecule has 0 atom stereocenters. The van der Waals surface area contributed by atoms with Gasteiger partial charge in [0.25, 0.3) is 0 Å². The summed E-state index contributed by atoms with van der Waals surface area (Å²) in [5.74, 6) is 2.28. The lowest BCUT2D eigenvalue weighted by Crippen LogP contribution is -2.24. The van der Waals surface area contributed by atoms with Crippen LogP contribution in [0.25, 0.3) is 0 Å². The van der Waals surface area contributed by atoms with E-state index in [0.29, 0.717) is 5.41 Å². The van der Waals surface area contributed by atoms with E-state index in [1.807, 2.05) is 11.8 Å². The summed E-state index contributed by atoms with van der Waals surface area (Å²) in [4.78, 5) is 0. The summed E-state index contributed by atoms with van der Waals surface area (Å²) in [5.41, 5.74) is 5.92. The van der Waals surface area contributed by atoms with Crippen LogP contribution in [-0.4, -0.2) is 31.8 Å². The fourth-order valence-electron chi connectivity index (χ4n) is 0.695. The summed E-state index contributed by atoms with van der Waals surface area (Å²) in [6.45, 7) is 6.05. The van der Waals surface area contributed by atoms with Crippen molar-refractivity contribution in [2.75, 3.05) is 31.8 Å². The summed E-state index contributed by atoms with van der Waals surface area (Å²) in [5, 5.41) is 0. The SMILES string of the molecule is COCCSCCC(C)(C)CN. The number of methoxy groups -OCH3 is 1. The van der Waals surface area contributed by atoms with Crippen molar-refractivity contribution < 1.29 is 4.74 Å². The quantitative estimate of drug-likeness (QED) is 0.623. The average molecular weight is 191 g/mol. The predicted octanol–water partition coefficient (Wildman–Crippen LogP) is 1.74. The van der Waals surface area contributed by atoms with Gasteiger partial charge in [-0.25, -0.2) is 0 Å². The molecule has 2 N–H and O–H groups in total. The van der Waals surface area contributed by atoms with Gasteiger partial charge in [-0.1, -0.05) is 13.8 Å². The molecule has 0 spiro atoms. The van der Waals surface area contributed by atoms with Gasteiger partial charge in [0.05, 0.1) is 6.61 Å². The molecule has 2 nitrogen and oxygen atoms in total. The molecule has 0 heterocycles. The number of ether oxygens (including phenoxy) is 1. The standard InChI is InChI=1S/C9H21NOS/c1-9(2,8-10)4-6-12-7-5-11-3/h4-8,10H2,1-3H3. The Balaban J connectivity index is 3.19. The third kappa shape index (κ3) is 6.95. The zero-order chi connectivity index (χ0) is 9.45. The van der Waals surface area contributed by atoms with E-state index in [1.165, 1.54) is 12.2 Å². The van der Waals surface area contributed by atoms with Crippen LogP contribution < -0.4 is 5.73 Å². The summed E-state index contributed by atoms with van der Waals surface area (Å²) in [6, 6.07) is 0. The van der Waals surface area contributed by atoms with Crippen molar-refractivity contribution in [3.05, 3.63) is 0 Å². The maximum absolute atomic E-state index is 5.61. The van der Waals surface area contributed by atoms with Crippen LogP contribution in [0.1, 0.15) is 20.3 Å². The topological polar surface area (TPSA) is 35.2 Å². The molecule has 0 bridgehead atoms. The van der Waals surface area contributed by atoms with Crippen LogP contribution in [0.4, 0.5) is 0 Å². The minimum atomic E-state index is 0.306. The molecule has 0 amide bonds. The first kappa shape index (κ1) is 12.3. The average Bonchev–Trinajstić information content (AvgIpc) is 2.04. The van der Waals surface area contributed by atoms with E-state index in [2.05, 4.69) is 13.8 Å². The molecule has 12 heavy (non-hydrogen) atoms. The number of nitrogens with two attached hydrogens (primary N) is 1. The first-order chi connectivity index (χ1) is 5.62. The molecule has 0 fully saturated rings. The Morgan fingerprint density at radius 1 is 1.33 bits per heavy atom. The number of thioether (sulfide) groups is 1. The molecule has 0 saturated heterocycles. The van der Waals surface area contributed by atoms with Crippen LogP contribution in [0.15, 0.2) is 0 Å². The van der Waals surface area contributed by atoms with Crippen molar-refractivity contribution in [1.82, 2.24) is 0 Å². The molecule has 0 rings (SSSR count). The lowest BCUT2D eigenvalue weighted by Gasteiger charge is -2.21. The third-order valence-electron chi connectivity index (χ3n) is 1.91. The van der Waals surface area contributed by atoms with E-state index in [0.717, 1.165) is 18.9 Å². The van der Waals surface area contributed by atoms with E-state index in [4.69, 9.17) is 10.5 Å². The number of hydrogen-bond acceptors (Lipinski definition) is 3. The Bertz CT molecular complexity index is 107. The molecule has 0 unspecified atom stereocenters.